The topological polar surface area (TPSA) is 50.4 Å². The second kappa shape index (κ2) is 5.63. The fraction of sp³-hybridized carbons (Fsp3) is 0.700. The van der Waals surface area contributed by atoms with Gasteiger partial charge in [-0.1, -0.05) is 5.92 Å². The number of hydrogen-bond donors (Lipinski definition) is 2. The van der Waals surface area contributed by atoms with Crippen molar-refractivity contribution in [1.29, 1.82) is 0 Å². The number of terminal acetylenes is 1. The minimum absolute atomic E-state index is 0.0125. The summed E-state index contributed by atoms with van der Waals surface area (Å²) in [6, 6.07) is 0.207. The fourth-order valence-corrected chi connectivity index (χ4v) is 1.63. The van der Waals surface area contributed by atoms with E-state index in [2.05, 4.69) is 16.7 Å². The minimum atomic E-state index is -0.0834. The highest BCUT2D eigenvalue weighted by Gasteiger charge is 2.27. The molecule has 1 amide bonds. The maximum Gasteiger partial charge on any atom is 0.248 e. The predicted molar refractivity (Wildman–Crippen MR) is 53.1 cm³/mol. The van der Waals surface area contributed by atoms with Crippen LogP contribution in [0.2, 0.25) is 0 Å². The van der Waals surface area contributed by atoms with Crippen molar-refractivity contribution < 1.29 is 9.63 Å². The van der Waals surface area contributed by atoms with Gasteiger partial charge in [-0.3, -0.25) is 9.63 Å². The average Bonchev–Trinajstić information content (AvgIpc) is 2.18. The van der Waals surface area contributed by atoms with Crippen LogP contribution in [0.4, 0.5) is 0 Å². The molecule has 0 spiro atoms. The van der Waals surface area contributed by atoms with Gasteiger partial charge in [0.15, 0.2) is 0 Å². The molecule has 4 heteroatoms. The average molecular weight is 196 g/mol. The van der Waals surface area contributed by atoms with Crippen molar-refractivity contribution in [3.63, 3.8) is 0 Å². The smallest absolute Gasteiger partial charge is 0.248 e. The van der Waals surface area contributed by atoms with E-state index in [1.165, 1.54) is 0 Å². The first-order valence-corrected chi connectivity index (χ1v) is 4.84. The van der Waals surface area contributed by atoms with Gasteiger partial charge in [0.2, 0.25) is 5.91 Å². The van der Waals surface area contributed by atoms with Crippen molar-refractivity contribution >= 4 is 5.91 Å². The highest BCUT2D eigenvalue weighted by Crippen LogP contribution is 2.15. The largest absolute Gasteiger partial charge is 0.313 e. The number of carbonyl (C=O) groups excluding carboxylic acids is 1. The first kappa shape index (κ1) is 11.0. The number of hydrogen-bond acceptors (Lipinski definition) is 3. The van der Waals surface area contributed by atoms with Gasteiger partial charge in [-0.2, -0.15) is 0 Å². The van der Waals surface area contributed by atoms with Gasteiger partial charge < -0.3 is 5.32 Å². The summed E-state index contributed by atoms with van der Waals surface area (Å²) in [5.74, 6) is 2.19. The van der Waals surface area contributed by atoms with Crippen molar-refractivity contribution in [1.82, 2.24) is 10.8 Å². The van der Waals surface area contributed by atoms with Crippen LogP contribution in [0.15, 0.2) is 0 Å². The van der Waals surface area contributed by atoms with Crippen LogP contribution in [0.5, 0.6) is 0 Å². The third-order valence-corrected chi connectivity index (χ3v) is 2.43. The van der Waals surface area contributed by atoms with Gasteiger partial charge in [-0.15, -0.1) is 6.42 Å². The van der Waals surface area contributed by atoms with Gasteiger partial charge in [-0.05, 0) is 26.3 Å². The van der Waals surface area contributed by atoms with E-state index in [-0.39, 0.29) is 24.5 Å². The molecule has 0 aromatic carbocycles. The number of amides is 1. The number of piperidine rings is 1. The summed E-state index contributed by atoms with van der Waals surface area (Å²) in [5.41, 5.74) is 2.36. The molecule has 1 heterocycles. The molecule has 2 unspecified atom stereocenters. The second-order valence-corrected chi connectivity index (χ2v) is 3.45. The number of nitrogens with one attached hydrogen (secondary N) is 2. The van der Waals surface area contributed by atoms with Crippen LogP contribution in [-0.2, 0) is 9.63 Å². The quantitative estimate of drug-likeness (QED) is 0.381. The summed E-state index contributed by atoms with van der Waals surface area (Å²) >= 11 is 0. The Bertz CT molecular complexity index is 235. The molecule has 1 aliphatic heterocycles. The first-order valence-electron chi connectivity index (χ1n) is 4.84. The molecule has 2 N–H and O–H groups in total. The Labute approximate surface area is 84.3 Å². The Morgan fingerprint density at radius 3 is 3.21 bits per heavy atom. The molecule has 78 valence electrons. The Morgan fingerprint density at radius 2 is 2.57 bits per heavy atom. The lowest BCUT2D eigenvalue weighted by atomic mass is 9.91. The molecular formula is C10H16N2O2. The lowest BCUT2D eigenvalue weighted by Crippen LogP contribution is -2.46. The van der Waals surface area contributed by atoms with Gasteiger partial charge in [0.05, 0.1) is 5.92 Å². The van der Waals surface area contributed by atoms with Gasteiger partial charge >= 0.3 is 0 Å². The molecule has 1 rings (SSSR count). The van der Waals surface area contributed by atoms with Gasteiger partial charge in [0, 0.05) is 6.04 Å². The monoisotopic (exact) mass is 196 g/mol. The Hall–Kier alpha value is -1.05. The van der Waals surface area contributed by atoms with E-state index in [4.69, 9.17) is 11.3 Å². The normalized spacial score (nSPS) is 26.6. The summed E-state index contributed by atoms with van der Waals surface area (Å²) in [6.45, 7) is 3.10. The third kappa shape index (κ3) is 3.02. The molecule has 0 aliphatic carbocycles. The molecule has 0 radical (unpaired) electrons. The van der Waals surface area contributed by atoms with Crippen LogP contribution in [0.25, 0.3) is 0 Å². The van der Waals surface area contributed by atoms with Crippen molar-refractivity contribution in [2.45, 2.75) is 25.8 Å². The van der Waals surface area contributed by atoms with E-state index in [1.54, 1.807) is 0 Å². The highest BCUT2D eigenvalue weighted by atomic mass is 16.6. The van der Waals surface area contributed by atoms with E-state index in [0.717, 1.165) is 19.4 Å². The van der Waals surface area contributed by atoms with Crippen LogP contribution in [0.1, 0.15) is 19.8 Å². The predicted octanol–water partition coefficient (Wildman–Crippen LogP) is 0.0555. The zero-order valence-corrected chi connectivity index (χ0v) is 8.38. The van der Waals surface area contributed by atoms with Gasteiger partial charge in [0.25, 0.3) is 0 Å². The summed E-state index contributed by atoms with van der Waals surface area (Å²) in [6.07, 6.45) is 6.91. The maximum absolute atomic E-state index is 11.5. The Kier molecular flexibility index (Phi) is 4.44. The molecule has 2 atom stereocenters. The van der Waals surface area contributed by atoms with Crippen molar-refractivity contribution in [3.8, 4) is 12.3 Å². The molecule has 14 heavy (non-hydrogen) atoms. The lowest BCUT2D eigenvalue weighted by molar-refractivity contribution is -0.138. The van der Waals surface area contributed by atoms with Gasteiger partial charge in [0.1, 0.15) is 6.61 Å². The summed E-state index contributed by atoms with van der Waals surface area (Å²) in [5, 5.41) is 3.25. The van der Waals surface area contributed by atoms with Crippen LogP contribution in [-0.4, -0.2) is 25.1 Å². The summed E-state index contributed by atoms with van der Waals surface area (Å²) < 4.78 is 0. The maximum atomic E-state index is 11.5. The molecule has 0 aromatic heterocycles. The van der Waals surface area contributed by atoms with E-state index in [9.17, 15) is 4.79 Å². The zero-order chi connectivity index (χ0) is 10.4. The lowest BCUT2D eigenvalue weighted by Gasteiger charge is -2.28. The summed E-state index contributed by atoms with van der Waals surface area (Å²) in [7, 11) is 0. The highest BCUT2D eigenvalue weighted by molar-refractivity contribution is 5.78. The first-order chi connectivity index (χ1) is 6.75. The Balaban J connectivity index is 2.31. The molecule has 1 saturated heterocycles. The van der Waals surface area contributed by atoms with E-state index in [1.807, 2.05) is 6.92 Å². The van der Waals surface area contributed by atoms with E-state index in [0.29, 0.717) is 0 Å². The molecule has 1 fully saturated rings. The van der Waals surface area contributed by atoms with Crippen molar-refractivity contribution in [3.05, 3.63) is 0 Å². The van der Waals surface area contributed by atoms with Crippen molar-refractivity contribution in [2.75, 3.05) is 13.2 Å². The molecule has 4 nitrogen and oxygen atoms in total. The van der Waals surface area contributed by atoms with Crippen LogP contribution >= 0.6 is 0 Å². The Morgan fingerprint density at radius 1 is 1.79 bits per heavy atom. The van der Waals surface area contributed by atoms with Gasteiger partial charge in [-0.25, -0.2) is 5.48 Å². The molecular weight excluding hydrogens is 180 g/mol. The molecule has 1 aliphatic rings. The van der Waals surface area contributed by atoms with E-state index >= 15 is 0 Å². The SMILES string of the molecule is C#CCONC(=O)C1CCCNC1C. The minimum Gasteiger partial charge on any atom is -0.313 e. The second-order valence-electron chi connectivity index (χ2n) is 3.45. The zero-order valence-electron chi connectivity index (χ0n) is 8.38. The van der Waals surface area contributed by atoms with Crippen LogP contribution in [0.3, 0.4) is 0 Å². The fourth-order valence-electron chi connectivity index (χ4n) is 1.63. The van der Waals surface area contributed by atoms with Crippen molar-refractivity contribution in [2.24, 2.45) is 5.92 Å². The number of hydroxylamine groups is 1. The molecule has 0 saturated carbocycles. The number of carbonyl (C=O) groups is 1. The molecule has 0 bridgehead atoms. The third-order valence-electron chi connectivity index (χ3n) is 2.43. The summed E-state index contributed by atoms with van der Waals surface area (Å²) in [4.78, 5) is 16.3. The number of rotatable bonds is 3. The van der Waals surface area contributed by atoms with E-state index < -0.39 is 0 Å². The molecule has 0 aromatic rings. The standard InChI is InChI=1S/C10H16N2O2/c1-3-7-14-12-10(13)9-5-4-6-11-8(9)2/h1,8-9,11H,4-7H2,2H3,(H,12,13). The van der Waals surface area contributed by atoms with Crippen LogP contribution in [0, 0.1) is 18.3 Å². The van der Waals surface area contributed by atoms with Crippen LogP contribution < -0.4 is 10.8 Å².